The zero-order chi connectivity index (χ0) is 27.3. The van der Waals surface area contributed by atoms with Gasteiger partial charge < -0.3 is 15.1 Å². The molecule has 0 bridgehead atoms. The molecule has 1 N–H and O–H groups in total. The van der Waals surface area contributed by atoms with Crippen LogP contribution < -0.4 is 5.32 Å². The highest BCUT2D eigenvalue weighted by Gasteiger charge is 2.60. The molecule has 2 aromatic heterocycles. The van der Waals surface area contributed by atoms with Crippen molar-refractivity contribution in [3.05, 3.63) is 60.2 Å². The zero-order valence-corrected chi connectivity index (χ0v) is 23.6. The van der Waals surface area contributed by atoms with Gasteiger partial charge in [0.2, 0.25) is 0 Å². The second-order valence-corrected chi connectivity index (χ2v) is 12.3. The van der Waals surface area contributed by atoms with Crippen LogP contribution in [0.25, 0.3) is 0 Å². The van der Waals surface area contributed by atoms with Crippen molar-refractivity contribution < 1.29 is 4.79 Å². The summed E-state index contributed by atoms with van der Waals surface area (Å²) in [6.07, 6.45) is 15.8. The number of piperidine rings is 2. The lowest BCUT2D eigenvalue weighted by Gasteiger charge is -2.25. The van der Waals surface area contributed by atoms with Gasteiger partial charge in [-0.1, -0.05) is 56.1 Å². The lowest BCUT2D eigenvalue weighted by molar-refractivity contribution is 0.166. The van der Waals surface area contributed by atoms with Crippen LogP contribution in [0.4, 0.5) is 4.79 Å². The van der Waals surface area contributed by atoms with Crippen LogP contribution in [0, 0.1) is 46.3 Å². The number of pyridine rings is 2. The summed E-state index contributed by atoms with van der Waals surface area (Å²) in [5.74, 6) is 14.5. The summed E-state index contributed by atoms with van der Waals surface area (Å²) in [6.45, 7) is 5.74. The third-order valence-electron chi connectivity index (χ3n) is 9.31. The number of carbonyl (C=O) groups is 1. The molecule has 3 saturated heterocycles. The first-order valence-corrected chi connectivity index (χ1v) is 15.3. The molecule has 40 heavy (non-hydrogen) atoms. The molecule has 4 unspecified atom stereocenters. The van der Waals surface area contributed by atoms with Crippen molar-refractivity contribution in [1.29, 1.82) is 0 Å². The Balaban J connectivity index is 0.000000130. The van der Waals surface area contributed by atoms with Crippen molar-refractivity contribution in [2.24, 2.45) is 22.7 Å². The fraction of sp³-hybridized carbons (Fsp3) is 0.559. The summed E-state index contributed by atoms with van der Waals surface area (Å²) in [6, 6.07) is 11.9. The lowest BCUT2D eigenvalue weighted by Crippen LogP contribution is -2.41. The molecule has 2 aromatic rings. The highest BCUT2D eigenvalue weighted by molar-refractivity contribution is 5.75. The molecule has 4 atom stereocenters. The van der Waals surface area contributed by atoms with Gasteiger partial charge in [0.15, 0.2) is 0 Å². The Labute approximate surface area is 239 Å². The molecular weight excluding hydrogens is 494 g/mol. The first-order chi connectivity index (χ1) is 19.7. The maximum atomic E-state index is 12.4. The number of hydrogen-bond donors (Lipinski definition) is 1. The minimum absolute atomic E-state index is 0.0485. The number of urea groups is 1. The molecule has 208 valence electrons. The summed E-state index contributed by atoms with van der Waals surface area (Å²) in [4.78, 5) is 24.9. The Kier molecular flexibility index (Phi) is 8.08. The van der Waals surface area contributed by atoms with E-state index < -0.39 is 0 Å². The van der Waals surface area contributed by atoms with E-state index in [2.05, 4.69) is 39.0 Å². The molecule has 6 nitrogen and oxygen atoms in total. The molecule has 5 heterocycles. The fourth-order valence-corrected chi connectivity index (χ4v) is 6.60. The average Bonchev–Trinajstić information content (AvgIpc) is 3.52. The minimum atomic E-state index is 0.0485. The fourth-order valence-electron chi connectivity index (χ4n) is 6.60. The third kappa shape index (κ3) is 6.34. The van der Waals surface area contributed by atoms with Crippen LogP contribution in [0.15, 0.2) is 48.8 Å². The molecule has 3 aliphatic carbocycles. The first kappa shape index (κ1) is 26.9. The molecule has 2 amide bonds. The number of fused-ring (bicyclic) bond motifs is 2. The molecule has 0 spiro atoms. The van der Waals surface area contributed by atoms with Crippen LogP contribution in [0.3, 0.4) is 0 Å². The summed E-state index contributed by atoms with van der Waals surface area (Å²) >= 11 is 0. The number of amides is 2. The smallest absolute Gasteiger partial charge is 0.320 e. The van der Waals surface area contributed by atoms with E-state index in [4.69, 9.17) is 0 Å². The summed E-state index contributed by atoms with van der Waals surface area (Å²) in [5, 5.41) is 3.38. The first-order valence-electron chi connectivity index (χ1n) is 15.3. The Morgan fingerprint density at radius 3 is 1.90 bits per heavy atom. The van der Waals surface area contributed by atoms with Crippen LogP contribution >= 0.6 is 0 Å². The van der Waals surface area contributed by atoms with Gasteiger partial charge >= 0.3 is 6.03 Å². The Bertz CT molecular complexity index is 1270. The van der Waals surface area contributed by atoms with Crippen LogP contribution in [0.5, 0.6) is 0 Å². The van der Waals surface area contributed by atoms with Gasteiger partial charge in [0, 0.05) is 50.5 Å². The quantitative estimate of drug-likeness (QED) is 0.484. The van der Waals surface area contributed by atoms with Gasteiger partial charge in [0.25, 0.3) is 0 Å². The van der Waals surface area contributed by atoms with E-state index in [0.29, 0.717) is 11.3 Å². The van der Waals surface area contributed by atoms with E-state index >= 15 is 0 Å². The Hall–Kier alpha value is -3.35. The van der Waals surface area contributed by atoms with E-state index in [0.717, 1.165) is 75.8 Å². The number of nitrogens with zero attached hydrogens (tertiary/aromatic N) is 4. The highest BCUT2D eigenvalue weighted by atomic mass is 16.2. The third-order valence-corrected chi connectivity index (χ3v) is 9.31. The van der Waals surface area contributed by atoms with Gasteiger partial charge in [-0.3, -0.25) is 0 Å². The number of hydrogen-bond acceptors (Lipinski definition) is 4. The molecule has 0 aromatic carbocycles. The molecule has 6 heteroatoms. The van der Waals surface area contributed by atoms with E-state index in [9.17, 15) is 4.79 Å². The number of rotatable bonds is 0. The van der Waals surface area contributed by atoms with Crippen LogP contribution in [0.1, 0.15) is 69.2 Å². The summed E-state index contributed by atoms with van der Waals surface area (Å²) in [5.41, 5.74) is 2.06. The van der Waals surface area contributed by atoms with Crippen molar-refractivity contribution in [2.45, 2.75) is 57.8 Å². The maximum absolute atomic E-state index is 12.4. The van der Waals surface area contributed by atoms with Gasteiger partial charge in [-0.15, -0.1) is 0 Å². The molecule has 6 aliphatic rings. The second-order valence-electron chi connectivity index (χ2n) is 12.3. The molecule has 0 radical (unpaired) electrons. The lowest BCUT2D eigenvalue weighted by atomic mass is 10.1. The van der Waals surface area contributed by atoms with Crippen molar-refractivity contribution in [1.82, 2.24) is 25.1 Å². The van der Waals surface area contributed by atoms with Gasteiger partial charge in [-0.2, -0.15) is 0 Å². The Morgan fingerprint density at radius 1 is 0.775 bits per heavy atom. The molecule has 3 saturated carbocycles. The van der Waals surface area contributed by atoms with Crippen LogP contribution in [-0.2, 0) is 0 Å². The normalized spacial score (nSPS) is 30.2. The summed E-state index contributed by atoms with van der Waals surface area (Å²) in [7, 11) is 0. The standard InChI is InChI=1S/C17H19N3O.C12H12N2.C5H10/c21-16(19-9-3-4-10-19)20-12-14-11-17(14,13-20)7-6-15-5-1-2-8-18-15;1-2-6-14-11(3-1)4-5-12-7-10(12)8-13-9-12;1-2-4-5-3-1/h1-2,5,8,14H,3-4,9-13H2;1-3,6,10,13H,7-9H2;1-5H2. The predicted molar refractivity (Wildman–Crippen MR) is 157 cm³/mol. The van der Waals surface area contributed by atoms with Crippen molar-refractivity contribution >= 4 is 6.03 Å². The zero-order valence-electron chi connectivity index (χ0n) is 23.6. The van der Waals surface area contributed by atoms with E-state index in [1.165, 1.54) is 38.5 Å². The number of likely N-dealkylation sites (tertiary alicyclic amines) is 2. The summed E-state index contributed by atoms with van der Waals surface area (Å²) < 4.78 is 0. The van der Waals surface area contributed by atoms with Crippen molar-refractivity contribution in [2.75, 3.05) is 39.3 Å². The topological polar surface area (TPSA) is 61.4 Å². The van der Waals surface area contributed by atoms with Gasteiger partial charge in [-0.25, -0.2) is 14.8 Å². The van der Waals surface area contributed by atoms with Crippen molar-refractivity contribution in [3.63, 3.8) is 0 Å². The van der Waals surface area contributed by atoms with E-state index in [1.54, 1.807) is 12.4 Å². The Morgan fingerprint density at radius 2 is 1.38 bits per heavy atom. The maximum Gasteiger partial charge on any atom is 0.320 e. The average molecular weight is 536 g/mol. The number of nitrogens with one attached hydrogen (secondary N) is 1. The van der Waals surface area contributed by atoms with Gasteiger partial charge in [0.1, 0.15) is 11.4 Å². The van der Waals surface area contributed by atoms with E-state index in [1.807, 2.05) is 46.2 Å². The molecule has 3 aliphatic heterocycles. The van der Waals surface area contributed by atoms with Crippen molar-refractivity contribution in [3.8, 4) is 23.7 Å². The SMILES string of the molecule is C(#CC12CNCC1C2)c1ccccn1.C1CCCC1.O=C(N1CCCC1)N1CC2CC2(C#Cc2ccccn2)C1. The van der Waals surface area contributed by atoms with Gasteiger partial charge in [0.05, 0.1) is 5.41 Å². The molecular formula is C34H41N5O. The largest absolute Gasteiger partial charge is 0.325 e. The number of carbonyl (C=O) groups excluding carboxylic acids is 1. The molecule has 6 fully saturated rings. The van der Waals surface area contributed by atoms with Crippen LogP contribution in [0.2, 0.25) is 0 Å². The monoisotopic (exact) mass is 535 g/mol. The highest BCUT2D eigenvalue weighted by Crippen LogP contribution is 2.57. The second kappa shape index (κ2) is 12.0. The predicted octanol–water partition coefficient (Wildman–Crippen LogP) is 4.96. The number of aromatic nitrogens is 2. The minimum Gasteiger partial charge on any atom is -0.325 e. The van der Waals surface area contributed by atoms with E-state index in [-0.39, 0.29) is 11.4 Å². The molecule has 8 rings (SSSR count). The van der Waals surface area contributed by atoms with Crippen LogP contribution in [-0.4, -0.2) is 65.1 Å². The van der Waals surface area contributed by atoms with Gasteiger partial charge in [-0.05, 0) is 80.2 Å².